The number of nitrogens with one attached hydrogen (secondary N) is 2. The molecule has 0 saturated heterocycles. The number of guanidine groups is 1. The molecule has 1 aromatic carbocycles. The van der Waals surface area contributed by atoms with E-state index in [0.717, 1.165) is 18.2 Å². The van der Waals surface area contributed by atoms with Gasteiger partial charge in [0.05, 0.1) is 12.2 Å². The molecule has 1 saturated carbocycles. The number of aliphatic imine (C=N–C) groups is 1. The van der Waals surface area contributed by atoms with Gasteiger partial charge in [-0.05, 0) is 30.5 Å². The van der Waals surface area contributed by atoms with Crippen LogP contribution >= 0.6 is 0 Å². The summed E-state index contributed by atoms with van der Waals surface area (Å²) in [5.41, 5.74) is 2.68. The highest BCUT2D eigenvalue weighted by Crippen LogP contribution is 2.40. The summed E-state index contributed by atoms with van der Waals surface area (Å²) in [4.78, 5) is 8.69. The van der Waals surface area contributed by atoms with Gasteiger partial charge in [0.15, 0.2) is 5.96 Å². The van der Waals surface area contributed by atoms with Gasteiger partial charge in [0.1, 0.15) is 0 Å². The molecule has 2 aromatic rings. The fourth-order valence-electron chi connectivity index (χ4n) is 3.56. The number of benzene rings is 1. The fraction of sp³-hybridized carbons (Fsp3) is 0.400. The van der Waals surface area contributed by atoms with Crippen LogP contribution in [0, 0.1) is 0 Å². The lowest BCUT2D eigenvalue weighted by Crippen LogP contribution is -2.44. The molecular weight excluding hydrogens is 296 g/mol. The quantitative estimate of drug-likeness (QED) is 0.656. The molecule has 0 radical (unpaired) electrons. The van der Waals surface area contributed by atoms with Crippen molar-refractivity contribution in [1.29, 1.82) is 0 Å². The molecule has 0 unspecified atom stereocenters. The minimum Gasteiger partial charge on any atom is -0.356 e. The zero-order valence-corrected chi connectivity index (χ0v) is 14.3. The highest BCUT2D eigenvalue weighted by Gasteiger charge is 2.35. The van der Waals surface area contributed by atoms with Crippen LogP contribution in [-0.4, -0.2) is 24.5 Å². The summed E-state index contributed by atoms with van der Waals surface area (Å²) in [6.07, 6.45) is 6.89. The largest absolute Gasteiger partial charge is 0.356 e. The predicted octanol–water partition coefficient (Wildman–Crippen LogP) is 3.26. The SMILES string of the molecule is CN=C(NCc1ccccn1)NCC1(c2ccccc2)CCCC1. The first kappa shape index (κ1) is 16.5. The Kier molecular flexibility index (Phi) is 5.47. The number of aromatic nitrogens is 1. The van der Waals surface area contributed by atoms with Crippen molar-refractivity contribution in [2.24, 2.45) is 4.99 Å². The summed E-state index contributed by atoms with van der Waals surface area (Å²) in [5, 5.41) is 6.89. The Bertz CT molecular complexity index is 646. The van der Waals surface area contributed by atoms with Crippen LogP contribution in [0.5, 0.6) is 0 Å². The third-order valence-corrected chi connectivity index (χ3v) is 4.93. The molecule has 126 valence electrons. The van der Waals surface area contributed by atoms with Crippen LogP contribution in [0.25, 0.3) is 0 Å². The molecule has 24 heavy (non-hydrogen) atoms. The summed E-state index contributed by atoms with van der Waals surface area (Å²) in [6, 6.07) is 16.8. The van der Waals surface area contributed by atoms with E-state index in [1.54, 1.807) is 0 Å². The lowest BCUT2D eigenvalue weighted by molar-refractivity contribution is 0.431. The minimum absolute atomic E-state index is 0.226. The van der Waals surface area contributed by atoms with E-state index in [1.165, 1.54) is 31.2 Å². The van der Waals surface area contributed by atoms with E-state index in [9.17, 15) is 0 Å². The van der Waals surface area contributed by atoms with Gasteiger partial charge >= 0.3 is 0 Å². The summed E-state index contributed by atoms with van der Waals surface area (Å²) in [5.74, 6) is 0.836. The summed E-state index contributed by atoms with van der Waals surface area (Å²) >= 11 is 0. The first-order valence-corrected chi connectivity index (χ1v) is 8.72. The van der Waals surface area contributed by atoms with E-state index in [1.807, 2.05) is 31.4 Å². The molecule has 0 bridgehead atoms. The minimum atomic E-state index is 0.226. The van der Waals surface area contributed by atoms with E-state index in [4.69, 9.17) is 0 Å². The first-order chi connectivity index (χ1) is 11.8. The summed E-state index contributed by atoms with van der Waals surface area (Å²) < 4.78 is 0. The fourth-order valence-corrected chi connectivity index (χ4v) is 3.56. The smallest absolute Gasteiger partial charge is 0.191 e. The normalized spacial score (nSPS) is 16.8. The second kappa shape index (κ2) is 7.95. The van der Waals surface area contributed by atoms with E-state index in [0.29, 0.717) is 6.54 Å². The number of hydrogen-bond acceptors (Lipinski definition) is 2. The Morgan fingerprint density at radius 2 is 1.79 bits per heavy atom. The van der Waals surface area contributed by atoms with Crippen molar-refractivity contribution in [3.8, 4) is 0 Å². The second-order valence-electron chi connectivity index (χ2n) is 6.45. The van der Waals surface area contributed by atoms with E-state index in [-0.39, 0.29) is 5.41 Å². The van der Waals surface area contributed by atoms with Gasteiger partial charge in [0.2, 0.25) is 0 Å². The van der Waals surface area contributed by atoms with Gasteiger partial charge in [-0.2, -0.15) is 0 Å². The second-order valence-corrected chi connectivity index (χ2v) is 6.45. The van der Waals surface area contributed by atoms with Crippen molar-refractivity contribution in [3.63, 3.8) is 0 Å². The topological polar surface area (TPSA) is 49.3 Å². The predicted molar refractivity (Wildman–Crippen MR) is 99.0 cm³/mol. The third kappa shape index (κ3) is 3.94. The Balaban J connectivity index is 1.61. The van der Waals surface area contributed by atoms with Gasteiger partial charge in [-0.25, -0.2) is 0 Å². The third-order valence-electron chi connectivity index (χ3n) is 4.93. The Hall–Kier alpha value is -2.36. The van der Waals surface area contributed by atoms with Crippen LogP contribution in [0.2, 0.25) is 0 Å². The molecule has 1 fully saturated rings. The average Bonchev–Trinajstić information content (AvgIpc) is 3.14. The molecule has 4 nitrogen and oxygen atoms in total. The van der Waals surface area contributed by atoms with Crippen molar-refractivity contribution in [3.05, 3.63) is 66.0 Å². The standard InChI is InChI=1S/C20H26N4/c1-21-19(23-15-18-11-5-8-14-22-18)24-16-20(12-6-7-13-20)17-9-3-2-4-10-17/h2-5,8-11,14H,6-7,12-13,15-16H2,1H3,(H2,21,23,24). The number of rotatable bonds is 5. The van der Waals surface area contributed by atoms with Gasteiger partial charge in [-0.3, -0.25) is 9.98 Å². The molecule has 2 N–H and O–H groups in total. The lowest BCUT2D eigenvalue weighted by Gasteiger charge is -2.30. The summed E-state index contributed by atoms with van der Waals surface area (Å²) in [7, 11) is 1.82. The molecule has 0 spiro atoms. The summed E-state index contributed by atoms with van der Waals surface area (Å²) in [6.45, 7) is 1.59. The van der Waals surface area contributed by atoms with Gasteiger partial charge in [0, 0.05) is 25.2 Å². The molecule has 1 aliphatic carbocycles. The molecule has 0 amide bonds. The van der Waals surface area contributed by atoms with Gasteiger partial charge in [-0.15, -0.1) is 0 Å². The van der Waals surface area contributed by atoms with Crippen molar-refractivity contribution < 1.29 is 0 Å². The number of hydrogen-bond donors (Lipinski definition) is 2. The van der Waals surface area contributed by atoms with Gasteiger partial charge < -0.3 is 10.6 Å². The van der Waals surface area contributed by atoms with E-state index < -0.39 is 0 Å². The molecule has 1 aliphatic rings. The molecule has 0 aliphatic heterocycles. The van der Waals surface area contributed by atoms with E-state index >= 15 is 0 Å². The maximum atomic E-state index is 4.36. The van der Waals surface area contributed by atoms with Crippen molar-refractivity contribution in [1.82, 2.24) is 15.6 Å². The van der Waals surface area contributed by atoms with Crippen molar-refractivity contribution in [2.45, 2.75) is 37.6 Å². The van der Waals surface area contributed by atoms with Crippen LogP contribution < -0.4 is 10.6 Å². The zero-order valence-electron chi connectivity index (χ0n) is 14.3. The van der Waals surface area contributed by atoms with Crippen LogP contribution in [-0.2, 0) is 12.0 Å². The van der Waals surface area contributed by atoms with Crippen LogP contribution in [0.1, 0.15) is 36.9 Å². The van der Waals surface area contributed by atoms with Crippen molar-refractivity contribution >= 4 is 5.96 Å². The molecule has 0 atom stereocenters. The Morgan fingerprint density at radius 3 is 2.46 bits per heavy atom. The van der Waals surface area contributed by atoms with Crippen LogP contribution in [0.15, 0.2) is 59.7 Å². The molecule has 1 aromatic heterocycles. The van der Waals surface area contributed by atoms with Crippen molar-refractivity contribution in [2.75, 3.05) is 13.6 Å². The monoisotopic (exact) mass is 322 g/mol. The molecule has 3 rings (SSSR count). The van der Waals surface area contributed by atoms with E-state index in [2.05, 4.69) is 50.9 Å². The number of pyridine rings is 1. The average molecular weight is 322 g/mol. The van der Waals surface area contributed by atoms with Gasteiger partial charge in [-0.1, -0.05) is 49.2 Å². The lowest BCUT2D eigenvalue weighted by atomic mass is 9.79. The maximum Gasteiger partial charge on any atom is 0.191 e. The zero-order chi connectivity index (χ0) is 16.7. The van der Waals surface area contributed by atoms with Crippen LogP contribution in [0.4, 0.5) is 0 Å². The van der Waals surface area contributed by atoms with Crippen LogP contribution in [0.3, 0.4) is 0 Å². The maximum absolute atomic E-state index is 4.36. The first-order valence-electron chi connectivity index (χ1n) is 8.72. The highest BCUT2D eigenvalue weighted by atomic mass is 15.2. The Labute approximate surface area is 144 Å². The Morgan fingerprint density at radius 1 is 1.04 bits per heavy atom. The molecule has 4 heteroatoms. The molecular formula is C20H26N4. The van der Waals surface area contributed by atoms with Gasteiger partial charge in [0.25, 0.3) is 0 Å². The highest BCUT2D eigenvalue weighted by molar-refractivity contribution is 5.79. The number of nitrogens with zero attached hydrogens (tertiary/aromatic N) is 2. The molecule has 1 heterocycles.